The summed E-state index contributed by atoms with van der Waals surface area (Å²) in [5, 5.41) is 7.01. The summed E-state index contributed by atoms with van der Waals surface area (Å²) in [6.07, 6.45) is 3.22. The number of carbonyl (C=O) groups excluding carboxylic acids is 2. The number of hydrogen-bond donors (Lipinski definition) is 1. The van der Waals surface area contributed by atoms with Crippen LogP contribution in [0.3, 0.4) is 0 Å². The average molecular weight is 423 g/mol. The molecular formula is C23H25N3O5. The van der Waals surface area contributed by atoms with Crippen molar-refractivity contribution in [2.45, 2.75) is 25.9 Å². The van der Waals surface area contributed by atoms with E-state index in [-0.39, 0.29) is 6.42 Å². The molecule has 1 amide bonds. The van der Waals surface area contributed by atoms with Crippen LogP contribution in [-0.4, -0.2) is 42.0 Å². The van der Waals surface area contributed by atoms with Crippen LogP contribution in [0.25, 0.3) is 5.69 Å². The molecular weight excluding hydrogens is 398 g/mol. The number of methoxy groups -OCH3 is 2. The number of carbonyl (C=O) groups is 2. The van der Waals surface area contributed by atoms with Crippen molar-refractivity contribution < 1.29 is 23.8 Å². The van der Waals surface area contributed by atoms with Gasteiger partial charge < -0.3 is 19.5 Å². The van der Waals surface area contributed by atoms with E-state index in [0.29, 0.717) is 23.6 Å². The second-order valence-corrected chi connectivity index (χ2v) is 6.82. The van der Waals surface area contributed by atoms with E-state index in [1.54, 1.807) is 29.1 Å². The van der Waals surface area contributed by atoms with Gasteiger partial charge in [-0.25, -0.2) is 4.68 Å². The monoisotopic (exact) mass is 423 g/mol. The quantitative estimate of drug-likeness (QED) is 0.531. The van der Waals surface area contributed by atoms with Crippen molar-refractivity contribution >= 4 is 17.6 Å². The molecule has 0 bridgehead atoms. The molecule has 0 saturated heterocycles. The van der Waals surface area contributed by atoms with Crippen molar-refractivity contribution in [3.8, 4) is 17.2 Å². The van der Waals surface area contributed by atoms with Gasteiger partial charge in [-0.05, 0) is 43.2 Å². The standard InChI is InChI=1S/C23H25N3O5/c1-16(23(28)25-20-13-19(29-2)10-11-21(20)30-3)31-22(27)12-9-17-14-24-26(15-17)18-7-5-4-6-8-18/h4-8,10-11,13-16H,9,12H2,1-3H3,(H,25,28). The zero-order valence-corrected chi connectivity index (χ0v) is 17.7. The van der Waals surface area contributed by atoms with Crippen LogP contribution in [0.15, 0.2) is 60.9 Å². The molecule has 3 rings (SSSR count). The van der Waals surface area contributed by atoms with E-state index in [1.807, 2.05) is 36.5 Å². The summed E-state index contributed by atoms with van der Waals surface area (Å²) >= 11 is 0. The largest absolute Gasteiger partial charge is 0.497 e. The number of esters is 1. The Morgan fingerprint density at radius 1 is 1.10 bits per heavy atom. The van der Waals surface area contributed by atoms with Gasteiger partial charge in [-0.15, -0.1) is 0 Å². The van der Waals surface area contributed by atoms with Crippen LogP contribution >= 0.6 is 0 Å². The first-order valence-corrected chi connectivity index (χ1v) is 9.81. The highest BCUT2D eigenvalue weighted by atomic mass is 16.5. The van der Waals surface area contributed by atoms with E-state index >= 15 is 0 Å². The lowest BCUT2D eigenvalue weighted by molar-refractivity contribution is -0.153. The molecule has 0 aliphatic rings. The van der Waals surface area contributed by atoms with Crippen LogP contribution < -0.4 is 14.8 Å². The van der Waals surface area contributed by atoms with Crippen molar-refractivity contribution in [1.82, 2.24) is 9.78 Å². The normalized spacial score (nSPS) is 11.5. The van der Waals surface area contributed by atoms with Crippen molar-refractivity contribution in [1.29, 1.82) is 0 Å². The molecule has 2 aromatic carbocycles. The topological polar surface area (TPSA) is 91.7 Å². The highest BCUT2D eigenvalue weighted by Gasteiger charge is 2.19. The Hall–Kier alpha value is -3.81. The molecule has 0 aliphatic heterocycles. The number of rotatable bonds is 9. The fraction of sp³-hybridized carbons (Fsp3) is 0.261. The third-order valence-corrected chi connectivity index (χ3v) is 4.62. The highest BCUT2D eigenvalue weighted by Crippen LogP contribution is 2.29. The van der Waals surface area contributed by atoms with Crippen LogP contribution in [0.2, 0.25) is 0 Å². The lowest BCUT2D eigenvalue weighted by Gasteiger charge is -2.15. The van der Waals surface area contributed by atoms with Gasteiger partial charge in [0, 0.05) is 18.7 Å². The molecule has 1 atom stereocenters. The molecule has 0 saturated carbocycles. The minimum absolute atomic E-state index is 0.139. The lowest BCUT2D eigenvalue weighted by Crippen LogP contribution is -2.30. The predicted molar refractivity (Wildman–Crippen MR) is 116 cm³/mol. The van der Waals surface area contributed by atoms with E-state index in [4.69, 9.17) is 14.2 Å². The maximum atomic E-state index is 12.5. The molecule has 0 spiro atoms. The number of anilines is 1. The fourth-order valence-corrected chi connectivity index (χ4v) is 2.91. The predicted octanol–water partition coefficient (Wildman–Crippen LogP) is 3.39. The number of para-hydroxylation sites is 1. The molecule has 1 N–H and O–H groups in total. The Morgan fingerprint density at radius 3 is 2.58 bits per heavy atom. The summed E-state index contributed by atoms with van der Waals surface area (Å²) in [4.78, 5) is 24.7. The summed E-state index contributed by atoms with van der Waals surface area (Å²) < 4.78 is 17.4. The molecule has 0 aliphatic carbocycles. The molecule has 162 valence electrons. The Balaban J connectivity index is 1.51. The number of ether oxygens (including phenoxy) is 3. The summed E-state index contributed by atoms with van der Waals surface area (Å²) in [6.45, 7) is 1.52. The number of aromatic nitrogens is 2. The number of amides is 1. The van der Waals surface area contributed by atoms with Gasteiger partial charge >= 0.3 is 5.97 Å². The van der Waals surface area contributed by atoms with Gasteiger partial charge in [0.05, 0.1) is 31.8 Å². The fourth-order valence-electron chi connectivity index (χ4n) is 2.91. The minimum atomic E-state index is -0.963. The van der Waals surface area contributed by atoms with Crippen LogP contribution in [0.1, 0.15) is 18.9 Å². The van der Waals surface area contributed by atoms with Crippen molar-refractivity contribution in [3.05, 3.63) is 66.5 Å². The van der Waals surface area contributed by atoms with Gasteiger partial charge in [0.15, 0.2) is 6.10 Å². The number of hydrogen-bond acceptors (Lipinski definition) is 6. The second-order valence-electron chi connectivity index (χ2n) is 6.82. The molecule has 3 aromatic rings. The van der Waals surface area contributed by atoms with Crippen LogP contribution in [-0.2, 0) is 20.7 Å². The van der Waals surface area contributed by atoms with E-state index in [1.165, 1.54) is 21.1 Å². The maximum Gasteiger partial charge on any atom is 0.306 e. The molecule has 1 heterocycles. The van der Waals surface area contributed by atoms with Crippen molar-refractivity contribution in [3.63, 3.8) is 0 Å². The lowest BCUT2D eigenvalue weighted by atomic mass is 10.2. The maximum absolute atomic E-state index is 12.5. The Morgan fingerprint density at radius 2 is 1.87 bits per heavy atom. The number of benzene rings is 2. The summed E-state index contributed by atoms with van der Waals surface area (Å²) in [5.74, 6) is 0.115. The zero-order valence-electron chi connectivity index (χ0n) is 17.7. The second kappa shape index (κ2) is 10.3. The Kier molecular flexibility index (Phi) is 7.26. The zero-order chi connectivity index (χ0) is 22.2. The third kappa shape index (κ3) is 5.85. The number of nitrogens with zero attached hydrogens (tertiary/aromatic N) is 2. The molecule has 1 aromatic heterocycles. The first kappa shape index (κ1) is 21.9. The van der Waals surface area contributed by atoms with Crippen LogP contribution in [0.5, 0.6) is 11.5 Å². The van der Waals surface area contributed by atoms with Crippen molar-refractivity contribution in [2.75, 3.05) is 19.5 Å². The third-order valence-electron chi connectivity index (χ3n) is 4.62. The van der Waals surface area contributed by atoms with Crippen LogP contribution in [0, 0.1) is 0 Å². The van der Waals surface area contributed by atoms with Crippen molar-refractivity contribution in [2.24, 2.45) is 0 Å². The number of aryl methyl sites for hydroxylation is 1. The summed E-state index contributed by atoms with van der Waals surface area (Å²) in [5.41, 5.74) is 2.27. The highest BCUT2D eigenvalue weighted by molar-refractivity contribution is 5.96. The van der Waals surface area contributed by atoms with Gasteiger partial charge in [-0.1, -0.05) is 18.2 Å². The van der Waals surface area contributed by atoms with E-state index in [9.17, 15) is 9.59 Å². The first-order chi connectivity index (χ1) is 15.0. The molecule has 8 nitrogen and oxygen atoms in total. The van der Waals surface area contributed by atoms with Gasteiger partial charge in [0.2, 0.25) is 0 Å². The number of nitrogens with one attached hydrogen (secondary N) is 1. The average Bonchev–Trinajstić information content (AvgIpc) is 3.27. The summed E-state index contributed by atoms with van der Waals surface area (Å²) in [6, 6.07) is 14.7. The molecule has 8 heteroatoms. The molecule has 0 fully saturated rings. The smallest absolute Gasteiger partial charge is 0.306 e. The van der Waals surface area contributed by atoms with Gasteiger partial charge in [0.25, 0.3) is 5.91 Å². The minimum Gasteiger partial charge on any atom is -0.497 e. The Bertz CT molecular complexity index is 1030. The first-order valence-electron chi connectivity index (χ1n) is 9.81. The summed E-state index contributed by atoms with van der Waals surface area (Å²) in [7, 11) is 3.03. The van der Waals surface area contributed by atoms with E-state index in [0.717, 1.165) is 11.3 Å². The van der Waals surface area contributed by atoms with Crippen LogP contribution in [0.4, 0.5) is 5.69 Å². The molecule has 0 radical (unpaired) electrons. The van der Waals surface area contributed by atoms with Gasteiger partial charge in [0.1, 0.15) is 11.5 Å². The Labute approximate surface area is 180 Å². The van der Waals surface area contributed by atoms with E-state index < -0.39 is 18.0 Å². The molecule has 1 unspecified atom stereocenters. The SMILES string of the molecule is COc1ccc(OC)c(NC(=O)C(C)OC(=O)CCc2cnn(-c3ccccc3)c2)c1. The molecule has 31 heavy (non-hydrogen) atoms. The van der Waals surface area contributed by atoms with E-state index in [2.05, 4.69) is 10.4 Å². The van der Waals surface area contributed by atoms with Gasteiger partial charge in [-0.3, -0.25) is 9.59 Å². The van der Waals surface area contributed by atoms with Gasteiger partial charge in [-0.2, -0.15) is 5.10 Å².